The van der Waals surface area contributed by atoms with Crippen LogP contribution in [-0.2, 0) is 14.3 Å². The molecule has 0 spiro atoms. The summed E-state index contributed by atoms with van der Waals surface area (Å²) in [5.41, 5.74) is 0. The first-order chi connectivity index (χ1) is 19.1. The molecule has 0 rings (SSSR count). The Balaban J connectivity index is 3.86. The number of hydrogen-bond donors (Lipinski definition) is 1. The first kappa shape index (κ1) is 36.6. The molecule has 0 saturated heterocycles. The molecule has 0 radical (unpaired) electrons. The quantitative estimate of drug-likeness (QED) is 0.0637. The van der Waals surface area contributed by atoms with Crippen molar-refractivity contribution >= 4 is 11.9 Å². The molecule has 1 N–H and O–H groups in total. The molecule has 0 aliphatic rings. The van der Waals surface area contributed by atoms with Gasteiger partial charge >= 0.3 is 11.9 Å². The highest BCUT2D eigenvalue weighted by Gasteiger charge is 2.13. The third kappa shape index (κ3) is 30.0. The zero-order valence-corrected chi connectivity index (χ0v) is 25.2. The van der Waals surface area contributed by atoms with E-state index in [0.29, 0.717) is 6.42 Å². The third-order valence-corrected chi connectivity index (χ3v) is 6.50. The molecule has 0 aromatic rings. The fraction of sp³-hybridized carbons (Fsp3) is 0.657. The molecule has 4 nitrogen and oxygen atoms in total. The zero-order valence-electron chi connectivity index (χ0n) is 25.2. The Morgan fingerprint density at radius 1 is 0.590 bits per heavy atom. The minimum Gasteiger partial charge on any atom is -0.481 e. The van der Waals surface area contributed by atoms with Crippen LogP contribution < -0.4 is 0 Å². The van der Waals surface area contributed by atoms with Crippen LogP contribution in [0.1, 0.15) is 142 Å². The summed E-state index contributed by atoms with van der Waals surface area (Å²) in [7, 11) is 0. The first-order valence-electron chi connectivity index (χ1n) is 15.8. The molecule has 222 valence electrons. The van der Waals surface area contributed by atoms with E-state index < -0.39 is 5.97 Å². The van der Waals surface area contributed by atoms with Crippen molar-refractivity contribution in [3.8, 4) is 0 Å². The SMILES string of the molecule is CC/C=C\C/C=C\C/C=C\C/C=C\C/C=C\CCCC(=O)OC(CCCC)CCCCCCCCCC(=O)O. The van der Waals surface area contributed by atoms with Crippen molar-refractivity contribution in [2.45, 2.75) is 148 Å². The van der Waals surface area contributed by atoms with Crippen molar-refractivity contribution in [3.05, 3.63) is 60.8 Å². The molecule has 0 fully saturated rings. The summed E-state index contributed by atoms with van der Waals surface area (Å²) in [5, 5.41) is 8.67. The monoisotopic (exact) mass is 542 g/mol. The predicted molar refractivity (Wildman–Crippen MR) is 167 cm³/mol. The number of allylic oxidation sites excluding steroid dienone is 10. The van der Waals surface area contributed by atoms with Gasteiger partial charge in [0.1, 0.15) is 6.10 Å². The number of aliphatic carboxylic acids is 1. The Labute approximate surface area is 240 Å². The molecule has 0 aliphatic carbocycles. The summed E-state index contributed by atoms with van der Waals surface area (Å²) >= 11 is 0. The minimum absolute atomic E-state index is 0.0538. The molecule has 0 aromatic heterocycles. The van der Waals surface area contributed by atoms with Crippen LogP contribution in [0.5, 0.6) is 0 Å². The summed E-state index contributed by atoms with van der Waals surface area (Å²) in [6.07, 6.45) is 41.2. The van der Waals surface area contributed by atoms with Crippen molar-refractivity contribution in [1.82, 2.24) is 0 Å². The first-order valence-corrected chi connectivity index (χ1v) is 15.8. The van der Waals surface area contributed by atoms with Crippen molar-refractivity contribution in [3.63, 3.8) is 0 Å². The Hall–Kier alpha value is -2.36. The third-order valence-electron chi connectivity index (χ3n) is 6.50. The van der Waals surface area contributed by atoms with Gasteiger partial charge < -0.3 is 9.84 Å². The molecule has 0 amide bonds. The lowest BCUT2D eigenvalue weighted by Gasteiger charge is -2.17. The van der Waals surface area contributed by atoms with Gasteiger partial charge in [0.25, 0.3) is 0 Å². The maximum atomic E-state index is 12.3. The maximum Gasteiger partial charge on any atom is 0.306 e. The number of carbonyl (C=O) groups excluding carboxylic acids is 1. The number of esters is 1. The standard InChI is InChI=1S/C35H58O4/c1-3-5-7-8-9-10-11-12-13-14-15-16-17-18-22-25-28-32-35(38)39-33(29-6-4-2)30-26-23-20-19-21-24-27-31-34(36)37/h5,7,9-10,12-13,15-16,18,22,33H,3-4,6,8,11,14,17,19-21,23-32H2,1-2H3,(H,36,37)/b7-5-,10-9-,13-12-,16-15-,22-18-. The molecule has 0 heterocycles. The van der Waals surface area contributed by atoms with Crippen LogP contribution in [0.3, 0.4) is 0 Å². The van der Waals surface area contributed by atoms with Crippen LogP contribution in [0, 0.1) is 0 Å². The maximum absolute atomic E-state index is 12.3. The fourth-order valence-corrected chi connectivity index (χ4v) is 4.20. The van der Waals surface area contributed by atoms with E-state index in [9.17, 15) is 9.59 Å². The summed E-state index contributed by atoms with van der Waals surface area (Å²) in [6.45, 7) is 4.33. The summed E-state index contributed by atoms with van der Waals surface area (Å²) in [4.78, 5) is 22.9. The number of carbonyl (C=O) groups is 2. The second-order valence-electron chi connectivity index (χ2n) is 10.3. The molecule has 1 unspecified atom stereocenters. The van der Waals surface area contributed by atoms with E-state index in [1.807, 2.05) is 0 Å². The highest BCUT2D eigenvalue weighted by Crippen LogP contribution is 2.17. The molecule has 4 heteroatoms. The van der Waals surface area contributed by atoms with Crippen molar-refractivity contribution in [1.29, 1.82) is 0 Å². The normalized spacial score (nSPS) is 13.1. The molecule has 39 heavy (non-hydrogen) atoms. The van der Waals surface area contributed by atoms with E-state index >= 15 is 0 Å². The lowest BCUT2D eigenvalue weighted by molar-refractivity contribution is -0.150. The average Bonchev–Trinajstić information content (AvgIpc) is 2.92. The van der Waals surface area contributed by atoms with Gasteiger partial charge in [-0.3, -0.25) is 9.59 Å². The van der Waals surface area contributed by atoms with E-state index in [0.717, 1.165) is 109 Å². The van der Waals surface area contributed by atoms with Gasteiger partial charge in [-0.15, -0.1) is 0 Å². The Bertz CT molecular complexity index is 714. The second kappa shape index (κ2) is 30.2. The zero-order chi connectivity index (χ0) is 28.7. The van der Waals surface area contributed by atoms with Crippen LogP contribution in [0.4, 0.5) is 0 Å². The average molecular weight is 543 g/mol. The molecular weight excluding hydrogens is 484 g/mol. The van der Waals surface area contributed by atoms with Gasteiger partial charge in [-0.1, -0.05) is 120 Å². The van der Waals surface area contributed by atoms with E-state index in [1.54, 1.807) is 0 Å². The van der Waals surface area contributed by atoms with Gasteiger partial charge in [0, 0.05) is 12.8 Å². The van der Waals surface area contributed by atoms with Crippen LogP contribution in [0.2, 0.25) is 0 Å². The smallest absolute Gasteiger partial charge is 0.306 e. The Morgan fingerprint density at radius 2 is 1.08 bits per heavy atom. The summed E-state index contributed by atoms with van der Waals surface area (Å²) in [6, 6.07) is 0. The number of unbranched alkanes of at least 4 members (excludes halogenated alkanes) is 8. The van der Waals surface area contributed by atoms with Crippen LogP contribution in [0.15, 0.2) is 60.8 Å². The predicted octanol–water partition coefficient (Wildman–Crippen LogP) is 10.6. The van der Waals surface area contributed by atoms with E-state index in [4.69, 9.17) is 9.84 Å². The summed E-state index contributed by atoms with van der Waals surface area (Å²) in [5.74, 6) is -0.751. The number of carboxylic acids is 1. The largest absolute Gasteiger partial charge is 0.481 e. The van der Waals surface area contributed by atoms with Gasteiger partial charge in [-0.25, -0.2) is 0 Å². The van der Waals surface area contributed by atoms with Gasteiger partial charge in [-0.2, -0.15) is 0 Å². The minimum atomic E-state index is -0.697. The van der Waals surface area contributed by atoms with Crippen LogP contribution in [0.25, 0.3) is 0 Å². The molecule has 0 saturated carbocycles. The fourth-order valence-electron chi connectivity index (χ4n) is 4.20. The molecule has 0 aliphatic heterocycles. The summed E-state index contributed by atoms with van der Waals surface area (Å²) < 4.78 is 5.82. The highest BCUT2D eigenvalue weighted by molar-refractivity contribution is 5.69. The molecule has 1 atom stereocenters. The highest BCUT2D eigenvalue weighted by atomic mass is 16.5. The number of ether oxygens (including phenoxy) is 1. The van der Waals surface area contributed by atoms with Crippen LogP contribution >= 0.6 is 0 Å². The lowest BCUT2D eigenvalue weighted by atomic mass is 10.0. The Morgan fingerprint density at radius 3 is 1.62 bits per heavy atom. The van der Waals surface area contributed by atoms with Gasteiger partial charge in [0.15, 0.2) is 0 Å². The Kier molecular flexibility index (Phi) is 28.4. The van der Waals surface area contributed by atoms with Crippen LogP contribution in [-0.4, -0.2) is 23.1 Å². The molecular formula is C35H58O4. The topological polar surface area (TPSA) is 63.6 Å². The van der Waals surface area contributed by atoms with E-state index in [-0.39, 0.29) is 18.5 Å². The van der Waals surface area contributed by atoms with Crippen molar-refractivity contribution in [2.75, 3.05) is 0 Å². The van der Waals surface area contributed by atoms with Gasteiger partial charge in [0.05, 0.1) is 0 Å². The number of carboxylic acid groups (broad SMARTS) is 1. The number of rotatable bonds is 27. The van der Waals surface area contributed by atoms with E-state index in [1.165, 1.54) is 6.42 Å². The van der Waals surface area contributed by atoms with Crippen molar-refractivity contribution < 1.29 is 19.4 Å². The second-order valence-corrected chi connectivity index (χ2v) is 10.3. The van der Waals surface area contributed by atoms with E-state index in [2.05, 4.69) is 74.6 Å². The van der Waals surface area contributed by atoms with Gasteiger partial charge in [-0.05, 0) is 70.6 Å². The lowest BCUT2D eigenvalue weighted by Crippen LogP contribution is -2.18. The number of hydrogen-bond acceptors (Lipinski definition) is 3. The van der Waals surface area contributed by atoms with Gasteiger partial charge in [0.2, 0.25) is 0 Å². The molecule has 0 aromatic carbocycles. The van der Waals surface area contributed by atoms with Crippen molar-refractivity contribution in [2.24, 2.45) is 0 Å². The molecule has 0 bridgehead atoms.